The van der Waals surface area contributed by atoms with Gasteiger partial charge in [0.1, 0.15) is 0 Å². The summed E-state index contributed by atoms with van der Waals surface area (Å²) in [6.45, 7) is 0. The molecule has 196 valence electrons. The molecule has 0 fully saturated rings. The van der Waals surface area contributed by atoms with Crippen LogP contribution < -0.4 is 0 Å². The van der Waals surface area contributed by atoms with E-state index in [9.17, 15) is 0 Å². The van der Waals surface area contributed by atoms with Gasteiger partial charge >= 0.3 is 0 Å². The third-order valence-electron chi connectivity index (χ3n) is 8.80. The largest absolute Gasteiger partial charge is 0.309 e. The summed E-state index contributed by atoms with van der Waals surface area (Å²) in [6, 6.07) is 53.4. The average molecular weight is 599 g/mol. The Morgan fingerprint density at radius 3 is 1.79 bits per heavy atom. The van der Waals surface area contributed by atoms with Crippen molar-refractivity contribution in [1.29, 1.82) is 0 Å². The molecule has 0 radical (unpaired) electrons. The van der Waals surface area contributed by atoms with Gasteiger partial charge in [-0.25, -0.2) is 0 Å². The van der Waals surface area contributed by atoms with Gasteiger partial charge in [-0.3, -0.25) is 0 Å². The number of aromatic nitrogens is 1. The minimum Gasteiger partial charge on any atom is -0.309 e. The van der Waals surface area contributed by atoms with Gasteiger partial charge in [-0.15, -0.1) is 0 Å². The predicted molar refractivity (Wildman–Crippen MR) is 184 cm³/mol. The van der Waals surface area contributed by atoms with Crippen LogP contribution in [0.5, 0.6) is 0 Å². The summed E-state index contributed by atoms with van der Waals surface area (Å²) in [5, 5.41) is 12.7. The zero-order valence-electron chi connectivity index (χ0n) is 22.7. The summed E-state index contributed by atoms with van der Waals surface area (Å²) in [7, 11) is 0. The molecule has 0 atom stereocenters. The first-order valence-corrected chi connectivity index (χ1v) is 15.1. The van der Waals surface area contributed by atoms with Crippen molar-refractivity contribution in [3.63, 3.8) is 0 Å². The van der Waals surface area contributed by atoms with Crippen molar-refractivity contribution in [3.8, 4) is 16.8 Å². The highest BCUT2D eigenvalue weighted by atomic mass is 79.9. The maximum Gasteiger partial charge on any atom is 0.0541 e. The van der Waals surface area contributed by atoms with Crippen LogP contribution in [0.3, 0.4) is 0 Å². The van der Waals surface area contributed by atoms with Crippen LogP contribution >= 0.6 is 15.9 Å². The lowest BCUT2D eigenvalue weighted by atomic mass is 9.91. The first kappa shape index (κ1) is 23.8. The molecule has 0 aliphatic carbocycles. The van der Waals surface area contributed by atoms with E-state index in [1.165, 1.54) is 81.7 Å². The Morgan fingerprint density at radius 1 is 0.357 bits per heavy atom. The van der Waals surface area contributed by atoms with Crippen molar-refractivity contribution in [2.24, 2.45) is 0 Å². The Kier molecular flexibility index (Phi) is 5.11. The van der Waals surface area contributed by atoms with E-state index in [-0.39, 0.29) is 0 Å². The molecule has 8 aromatic carbocycles. The van der Waals surface area contributed by atoms with Crippen LogP contribution in [0.15, 0.2) is 150 Å². The van der Waals surface area contributed by atoms with Gasteiger partial charge in [0.15, 0.2) is 0 Å². The molecule has 0 aliphatic rings. The lowest BCUT2D eigenvalue weighted by Crippen LogP contribution is -1.94. The fraction of sp³-hybridized carbons (Fsp3) is 0. The second-order valence-electron chi connectivity index (χ2n) is 11.1. The third kappa shape index (κ3) is 3.49. The molecule has 0 saturated carbocycles. The maximum absolute atomic E-state index is 3.69. The minimum atomic E-state index is 1.09. The van der Waals surface area contributed by atoms with Gasteiger partial charge in [-0.1, -0.05) is 113 Å². The molecule has 2 heteroatoms. The summed E-state index contributed by atoms with van der Waals surface area (Å²) >= 11 is 3.69. The Bertz CT molecular complexity index is 2520. The van der Waals surface area contributed by atoms with Crippen LogP contribution in [-0.2, 0) is 0 Å². The molecule has 9 rings (SSSR count). The Morgan fingerprint density at radius 2 is 0.952 bits per heavy atom. The molecule has 9 aromatic rings. The quantitative estimate of drug-likeness (QED) is 0.175. The number of nitrogens with zero attached hydrogens (tertiary/aromatic N) is 1. The SMILES string of the molecule is Brc1ccc2c(c1)c1ccccc1n2-c1ccc2c3ccc(-c4ccc5ccccc5c4)cc3c3ccccc3c2c1. The van der Waals surface area contributed by atoms with E-state index in [0.29, 0.717) is 0 Å². The van der Waals surface area contributed by atoms with E-state index in [0.717, 1.165) is 4.47 Å². The van der Waals surface area contributed by atoms with Crippen LogP contribution in [0.4, 0.5) is 0 Å². The first-order chi connectivity index (χ1) is 20.7. The van der Waals surface area contributed by atoms with Gasteiger partial charge in [0.05, 0.1) is 11.0 Å². The van der Waals surface area contributed by atoms with Crippen molar-refractivity contribution in [1.82, 2.24) is 4.57 Å². The van der Waals surface area contributed by atoms with Gasteiger partial charge in [0, 0.05) is 20.9 Å². The summed E-state index contributed by atoms with van der Waals surface area (Å²) in [5.41, 5.74) is 6.09. The number of halogens is 1. The molecule has 1 nitrogen and oxygen atoms in total. The summed E-state index contributed by atoms with van der Waals surface area (Å²) in [6.07, 6.45) is 0. The van der Waals surface area contributed by atoms with Gasteiger partial charge in [-0.2, -0.15) is 0 Å². The summed E-state index contributed by atoms with van der Waals surface area (Å²) in [5.74, 6) is 0. The van der Waals surface area contributed by atoms with Gasteiger partial charge in [0.2, 0.25) is 0 Å². The summed E-state index contributed by atoms with van der Waals surface area (Å²) < 4.78 is 3.50. The number of hydrogen-bond donors (Lipinski definition) is 0. The standard InChI is InChI=1S/C40H24BrN/c41-29-16-20-40-38(23-29)35-11-5-6-12-39(35)42(40)30-17-19-34-33-18-15-28(27-14-13-25-7-1-2-8-26(25)21-27)22-36(33)31-9-3-4-10-32(31)37(34)24-30/h1-24H. The Labute approximate surface area is 251 Å². The number of hydrogen-bond acceptors (Lipinski definition) is 0. The molecule has 0 bridgehead atoms. The summed E-state index contributed by atoms with van der Waals surface area (Å²) in [4.78, 5) is 0. The highest BCUT2D eigenvalue weighted by molar-refractivity contribution is 9.10. The molecule has 1 heterocycles. The number of rotatable bonds is 2. The number of benzene rings is 8. The highest BCUT2D eigenvalue weighted by Crippen LogP contribution is 2.40. The van der Waals surface area contributed by atoms with Crippen LogP contribution in [-0.4, -0.2) is 4.57 Å². The van der Waals surface area contributed by atoms with E-state index in [2.05, 4.69) is 166 Å². The molecule has 42 heavy (non-hydrogen) atoms. The van der Waals surface area contributed by atoms with E-state index in [1.807, 2.05) is 0 Å². The van der Waals surface area contributed by atoms with E-state index in [4.69, 9.17) is 0 Å². The van der Waals surface area contributed by atoms with Crippen molar-refractivity contribution < 1.29 is 0 Å². The zero-order chi connectivity index (χ0) is 27.8. The molecule has 0 aliphatic heterocycles. The Hall–Kier alpha value is -4.92. The van der Waals surface area contributed by atoms with Crippen molar-refractivity contribution in [2.45, 2.75) is 0 Å². The first-order valence-electron chi connectivity index (χ1n) is 14.3. The molecule has 1 aromatic heterocycles. The lowest BCUT2D eigenvalue weighted by Gasteiger charge is -2.15. The van der Waals surface area contributed by atoms with Gasteiger partial charge in [0.25, 0.3) is 0 Å². The molecule has 0 saturated heterocycles. The number of fused-ring (bicyclic) bond motifs is 10. The van der Waals surface area contributed by atoms with Crippen LogP contribution in [0, 0.1) is 0 Å². The smallest absolute Gasteiger partial charge is 0.0541 e. The second kappa shape index (κ2) is 9.04. The maximum atomic E-state index is 3.69. The number of para-hydroxylation sites is 1. The van der Waals surface area contributed by atoms with Crippen LogP contribution in [0.25, 0.3) is 81.7 Å². The molecule has 0 N–H and O–H groups in total. The van der Waals surface area contributed by atoms with Crippen molar-refractivity contribution in [2.75, 3.05) is 0 Å². The fourth-order valence-corrected chi connectivity index (χ4v) is 7.22. The fourth-order valence-electron chi connectivity index (χ4n) is 6.86. The normalized spacial score (nSPS) is 11.9. The second-order valence-corrected chi connectivity index (χ2v) is 12.0. The predicted octanol–water partition coefficient (Wildman–Crippen LogP) is 11.8. The lowest BCUT2D eigenvalue weighted by molar-refractivity contribution is 1.19. The van der Waals surface area contributed by atoms with Crippen LogP contribution in [0.1, 0.15) is 0 Å². The van der Waals surface area contributed by atoms with E-state index >= 15 is 0 Å². The van der Waals surface area contributed by atoms with Crippen LogP contribution in [0.2, 0.25) is 0 Å². The van der Waals surface area contributed by atoms with E-state index in [1.54, 1.807) is 0 Å². The molecule has 0 amide bonds. The zero-order valence-corrected chi connectivity index (χ0v) is 24.3. The van der Waals surface area contributed by atoms with Crippen molar-refractivity contribution in [3.05, 3.63) is 150 Å². The molecule has 0 spiro atoms. The average Bonchev–Trinajstić information content (AvgIpc) is 3.37. The third-order valence-corrected chi connectivity index (χ3v) is 9.29. The topological polar surface area (TPSA) is 4.93 Å². The molecular formula is C40H24BrN. The van der Waals surface area contributed by atoms with Gasteiger partial charge in [-0.05, 0) is 103 Å². The molecule has 0 unspecified atom stereocenters. The van der Waals surface area contributed by atoms with E-state index < -0.39 is 0 Å². The molecular weight excluding hydrogens is 574 g/mol. The van der Waals surface area contributed by atoms with Gasteiger partial charge < -0.3 is 4.57 Å². The monoisotopic (exact) mass is 597 g/mol. The highest BCUT2D eigenvalue weighted by Gasteiger charge is 2.15. The Balaban J connectivity index is 1.31. The van der Waals surface area contributed by atoms with Crippen molar-refractivity contribution >= 4 is 80.8 Å². The minimum absolute atomic E-state index is 1.09.